The fraction of sp³-hybridized carbons (Fsp3) is 0.389. The Labute approximate surface area is 150 Å². The van der Waals surface area contributed by atoms with Gasteiger partial charge in [-0.3, -0.25) is 9.59 Å². The van der Waals surface area contributed by atoms with Crippen LogP contribution in [-0.2, 0) is 25.7 Å². The first-order valence-corrected chi connectivity index (χ1v) is 8.86. The topological polar surface area (TPSA) is 75.7 Å². The zero-order valence-electron chi connectivity index (χ0n) is 14.1. The smallest absolute Gasteiger partial charge is 0.330 e. The molecular weight excluding hydrogens is 340 g/mol. The molecule has 3 atom stereocenters. The number of nitrogens with zero attached hydrogens (tertiary/aromatic N) is 1. The van der Waals surface area contributed by atoms with E-state index < -0.39 is 28.7 Å². The molecule has 0 spiro atoms. The third-order valence-corrected chi connectivity index (χ3v) is 5.94. The van der Waals surface area contributed by atoms with Crippen molar-refractivity contribution >= 4 is 29.5 Å². The van der Waals surface area contributed by atoms with Crippen LogP contribution in [0.1, 0.15) is 19.4 Å². The molecule has 2 aliphatic rings. The zero-order chi connectivity index (χ0) is 18.2. The maximum absolute atomic E-state index is 12.6. The second kappa shape index (κ2) is 6.55. The first-order valence-electron chi connectivity index (χ1n) is 7.98. The molecule has 0 radical (unpaired) electrons. The van der Waals surface area contributed by atoms with Crippen LogP contribution in [0.5, 0.6) is 0 Å². The van der Waals surface area contributed by atoms with Gasteiger partial charge in [-0.15, -0.1) is 11.8 Å². The van der Waals surface area contributed by atoms with E-state index in [1.165, 1.54) is 16.7 Å². The molecule has 1 unspecified atom stereocenters. The number of esters is 1. The minimum atomic E-state index is -0.671. The van der Waals surface area contributed by atoms with E-state index in [-0.39, 0.29) is 17.9 Å². The van der Waals surface area contributed by atoms with E-state index in [1.807, 2.05) is 44.2 Å². The molecule has 0 bridgehead atoms. The van der Waals surface area contributed by atoms with E-state index in [2.05, 4.69) is 11.9 Å². The lowest BCUT2D eigenvalue weighted by Gasteiger charge is -2.43. The van der Waals surface area contributed by atoms with Crippen molar-refractivity contribution in [3.8, 4) is 0 Å². The first-order chi connectivity index (χ1) is 11.8. The first kappa shape index (κ1) is 17.5. The molecule has 3 rings (SSSR count). The molecule has 1 aromatic carbocycles. The average molecular weight is 360 g/mol. The summed E-state index contributed by atoms with van der Waals surface area (Å²) in [6, 6.07) is 8.10. The molecule has 2 amide bonds. The zero-order valence-corrected chi connectivity index (χ0v) is 14.9. The number of carbonyl (C=O) groups is 3. The summed E-state index contributed by atoms with van der Waals surface area (Å²) in [5.74, 6) is -1.09. The van der Waals surface area contributed by atoms with E-state index in [4.69, 9.17) is 4.74 Å². The van der Waals surface area contributed by atoms with E-state index in [0.29, 0.717) is 0 Å². The predicted octanol–water partition coefficient (Wildman–Crippen LogP) is 1.46. The highest BCUT2D eigenvalue weighted by Crippen LogP contribution is 2.51. The van der Waals surface area contributed by atoms with Crippen LogP contribution in [0, 0.1) is 0 Å². The Balaban J connectivity index is 1.69. The van der Waals surface area contributed by atoms with Crippen LogP contribution in [-0.4, -0.2) is 44.9 Å². The third-order valence-electron chi connectivity index (χ3n) is 4.37. The number of nitrogens with one attached hydrogen (secondary N) is 1. The molecule has 2 aliphatic heterocycles. The van der Waals surface area contributed by atoms with Crippen molar-refractivity contribution in [2.24, 2.45) is 0 Å². The maximum atomic E-state index is 12.6. The van der Waals surface area contributed by atoms with Crippen LogP contribution in [0.2, 0.25) is 0 Å². The number of fused-ring (bicyclic) bond motifs is 1. The van der Waals surface area contributed by atoms with Gasteiger partial charge in [-0.25, -0.2) is 4.79 Å². The van der Waals surface area contributed by atoms with Crippen LogP contribution in [0.3, 0.4) is 0 Å². The second-order valence-corrected chi connectivity index (χ2v) is 8.31. The number of rotatable bonds is 5. The number of amides is 2. The number of β-lactam (4-membered cyclic amide) rings is 1. The molecule has 2 saturated heterocycles. The number of thioether (sulfide) groups is 1. The predicted molar refractivity (Wildman–Crippen MR) is 94.5 cm³/mol. The largest absolute Gasteiger partial charge is 0.459 e. The van der Waals surface area contributed by atoms with Crippen molar-refractivity contribution in [3.05, 3.63) is 48.6 Å². The molecule has 0 aliphatic carbocycles. The molecule has 6 nitrogen and oxygen atoms in total. The molecule has 2 fully saturated rings. The van der Waals surface area contributed by atoms with Crippen molar-refractivity contribution in [3.63, 3.8) is 0 Å². The Morgan fingerprint density at radius 3 is 2.68 bits per heavy atom. The number of benzene rings is 1. The Bertz CT molecular complexity index is 719. The number of carbonyl (C=O) groups excluding carboxylic acids is 3. The standard InChI is InChI=1S/C18H20N2O4S/c1-4-12(21)19-13-15(22)20-14(18(2,3)25-16(13)20)17(23)24-10-11-8-6-5-7-9-11/h4-9,13-14,16H,1,10H2,2-3H3,(H,19,21)/t13?,14-,16+/m0/s1. The van der Waals surface area contributed by atoms with Crippen molar-refractivity contribution in [2.75, 3.05) is 0 Å². The monoisotopic (exact) mass is 360 g/mol. The summed E-state index contributed by atoms with van der Waals surface area (Å²) >= 11 is 1.50. The van der Waals surface area contributed by atoms with Crippen molar-refractivity contribution in [2.45, 2.75) is 42.7 Å². The van der Waals surface area contributed by atoms with Crippen LogP contribution >= 0.6 is 11.8 Å². The lowest BCUT2D eigenvalue weighted by atomic mass is 9.96. The van der Waals surface area contributed by atoms with Crippen LogP contribution in [0.15, 0.2) is 43.0 Å². The minimum absolute atomic E-state index is 0.167. The van der Waals surface area contributed by atoms with Crippen LogP contribution in [0.4, 0.5) is 0 Å². The molecule has 2 heterocycles. The average Bonchev–Trinajstić information content (AvgIpc) is 2.86. The Morgan fingerprint density at radius 2 is 2.04 bits per heavy atom. The summed E-state index contributed by atoms with van der Waals surface area (Å²) in [5, 5.41) is 2.36. The van der Waals surface area contributed by atoms with E-state index in [9.17, 15) is 14.4 Å². The maximum Gasteiger partial charge on any atom is 0.330 e. The quantitative estimate of drug-likeness (QED) is 0.489. The van der Waals surface area contributed by atoms with Crippen LogP contribution < -0.4 is 5.32 Å². The van der Waals surface area contributed by atoms with Gasteiger partial charge in [0, 0.05) is 4.75 Å². The number of ether oxygens (including phenoxy) is 1. The van der Waals surface area contributed by atoms with Crippen LogP contribution in [0.25, 0.3) is 0 Å². The van der Waals surface area contributed by atoms with Gasteiger partial charge >= 0.3 is 5.97 Å². The van der Waals surface area contributed by atoms with Gasteiger partial charge in [0.05, 0.1) is 0 Å². The summed E-state index contributed by atoms with van der Waals surface area (Å²) < 4.78 is 4.94. The Hall–Kier alpha value is -2.28. The molecular formula is C18H20N2O4S. The Morgan fingerprint density at radius 1 is 1.36 bits per heavy atom. The van der Waals surface area contributed by atoms with Crippen molar-refractivity contribution < 1.29 is 19.1 Å². The minimum Gasteiger partial charge on any atom is -0.459 e. The van der Waals surface area contributed by atoms with Gasteiger partial charge < -0.3 is 15.0 Å². The van der Waals surface area contributed by atoms with E-state index in [1.54, 1.807) is 0 Å². The van der Waals surface area contributed by atoms with Gasteiger partial charge in [0.15, 0.2) is 0 Å². The van der Waals surface area contributed by atoms with Gasteiger partial charge in [-0.1, -0.05) is 36.9 Å². The molecule has 0 saturated carbocycles. The third kappa shape index (κ3) is 3.16. The van der Waals surface area contributed by atoms with Gasteiger partial charge in [0.2, 0.25) is 11.8 Å². The fourth-order valence-corrected chi connectivity index (χ4v) is 4.77. The van der Waals surface area contributed by atoms with E-state index in [0.717, 1.165) is 11.6 Å². The molecule has 7 heteroatoms. The second-order valence-electron chi connectivity index (χ2n) is 6.54. The number of hydrogen-bond donors (Lipinski definition) is 1. The van der Waals surface area contributed by atoms with Crippen molar-refractivity contribution in [1.29, 1.82) is 0 Å². The summed E-state index contributed by atoms with van der Waals surface area (Å²) in [5.41, 5.74) is 0.891. The number of hydrogen-bond acceptors (Lipinski definition) is 5. The highest BCUT2D eigenvalue weighted by Gasteiger charge is 2.64. The summed E-state index contributed by atoms with van der Waals surface area (Å²) in [6.07, 6.45) is 1.13. The van der Waals surface area contributed by atoms with Gasteiger partial charge in [-0.2, -0.15) is 0 Å². The molecule has 1 aromatic rings. The lowest BCUT2D eigenvalue weighted by Crippen LogP contribution is -2.70. The molecule has 25 heavy (non-hydrogen) atoms. The fourth-order valence-electron chi connectivity index (χ4n) is 3.15. The summed E-state index contributed by atoms with van der Waals surface area (Å²) in [4.78, 5) is 38.1. The normalized spacial score (nSPS) is 26.4. The Kier molecular flexibility index (Phi) is 4.60. The van der Waals surface area contributed by atoms with Gasteiger partial charge in [0.1, 0.15) is 24.1 Å². The lowest BCUT2D eigenvalue weighted by molar-refractivity contribution is -0.165. The summed E-state index contributed by atoms with van der Waals surface area (Å²) in [7, 11) is 0. The van der Waals surface area contributed by atoms with Crippen molar-refractivity contribution in [1.82, 2.24) is 10.2 Å². The molecule has 132 valence electrons. The van der Waals surface area contributed by atoms with Gasteiger partial charge in [0.25, 0.3) is 0 Å². The summed E-state index contributed by atoms with van der Waals surface area (Å²) in [6.45, 7) is 7.37. The highest BCUT2D eigenvalue weighted by atomic mass is 32.2. The van der Waals surface area contributed by atoms with Gasteiger partial charge in [-0.05, 0) is 25.5 Å². The highest BCUT2D eigenvalue weighted by molar-refractivity contribution is 8.01. The molecule has 0 aromatic heterocycles. The van der Waals surface area contributed by atoms with E-state index >= 15 is 0 Å². The SMILES string of the molecule is C=CC(=O)NC1C(=O)N2[C@@H]1SC(C)(C)[C@@H]2C(=O)OCc1ccccc1. The molecule has 1 N–H and O–H groups in total.